The molecule has 0 N–H and O–H groups in total. The summed E-state index contributed by atoms with van der Waals surface area (Å²) in [4.78, 5) is 22.8. The lowest BCUT2D eigenvalue weighted by molar-refractivity contribution is -0.133. The van der Waals surface area contributed by atoms with Gasteiger partial charge in [0.25, 0.3) is 5.91 Å². The number of carbonyl (C=O) groups excluding carboxylic acids is 1. The van der Waals surface area contributed by atoms with E-state index in [1.807, 2.05) is 94.4 Å². The van der Waals surface area contributed by atoms with Gasteiger partial charge in [-0.1, -0.05) is 165 Å². The number of carbonyl (C=O) groups is 1. The van der Waals surface area contributed by atoms with Crippen molar-refractivity contribution >= 4 is 59.9 Å². The number of amides is 1. The first kappa shape index (κ1) is 41.8. The van der Waals surface area contributed by atoms with Crippen LogP contribution in [0.15, 0.2) is 157 Å². The highest BCUT2D eigenvalue weighted by Gasteiger charge is 2.48. The number of halogens is 1. The van der Waals surface area contributed by atoms with Crippen LogP contribution in [0, 0.1) is 0 Å². The van der Waals surface area contributed by atoms with Gasteiger partial charge in [0.15, 0.2) is 0 Å². The number of hydrogen-bond donors (Lipinski definition) is 0. The molecule has 3 unspecified atom stereocenters. The van der Waals surface area contributed by atoms with Crippen LogP contribution in [0.4, 0.5) is 5.82 Å². The molecule has 5 heterocycles. The zero-order valence-corrected chi connectivity index (χ0v) is 38.8. The zero-order valence-electron chi connectivity index (χ0n) is 36.3. The summed E-state index contributed by atoms with van der Waals surface area (Å²) in [6.45, 7) is 8.48. The van der Waals surface area contributed by atoms with Gasteiger partial charge < -0.3 is 9.64 Å². The molecule has 10 nitrogen and oxygen atoms in total. The maximum Gasteiger partial charge on any atom is 0.266 e. The van der Waals surface area contributed by atoms with Crippen LogP contribution in [0.25, 0.3) is 10.9 Å². The molecule has 322 valence electrons. The van der Waals surface area contributed by atoms with Gasteiger partial charge in [0.1, 0.15) is 34.3 Å². The van der Waals surface area contributed by atoms with Crippen molar-refractivity contribution in [1.82, 2.24) is 29.6 Å². The number of anilines is 1. The lowest BCUT2D eigenvalue weighted by Gasteiger charge is -2.37. The highest BCUT2D eigenvalue weighted by Crippen LogP contribution is 2.49. The number of fused-ring (bicyclic) bond motifs is 4. The van der Waals surface area contributed by atoms with E-state index in [9.17, 15) is 4.79 Å². The Labute approximate surface area is 383 Å². The highest BCUT2D eigenvalue weighted by atomic mass is 35.5. The Morgan fingerprint density at radius 3 is 2.08 bits per heavy atom. The molecule has 3 aromatic heterocycles. The van der Waals surface area contributed by atoms with Crippen molar-refractivity contribution in [3.63, 3.8) is 0 Å². The van der Waals surface area contributed by atoms with Crippen molar-refractivity contribution in [2.24, 2.45) is 5.10 Å². The van der Waals surface area contributed by atoms with E-state index in [-0.39, 0.29) is 17.7 Å². The Morgan fingerprint density at radius 2 is 1.45 bits per heavy atom. The quantitative estimate of drug-likeness (QED) is 0.0613. The third-order valence-electron chi connectivity index (χ3n) is 12.5. The first-order chi connectivity index (χ1) is 31.1. The fraction of sp³-hybridized carbons (Fsp3) is 0.235. The van der Waals surface area contributed by atoms with Crippen molar-refractivity contribution < 1.29 is 9.53 Å². The summed E-state index contributed by atoms with van der Waals surface area (Å²) in [5, 5.41) is 18.9. The standard InChI is InChI=1S/C51H49ClN8O2SSi/c1-57-46-41(32-53-58(50(46)61)33-36-20-17-27-43-40(36)31-54-59(43)34-62-28-29-64(2,3)4)47-48(57)55-49(63-47)45(35-18-9-5-10-19-35)42-30-44(52)60(56-42)51(37-21-11-6-12-22-37,38-23-13-7-14-24-38)39-25-15-8-16-26-39/h5-27,30-32,41,45-46H,28-29,33-34H2,1-4H3. The van der Waals surface area contributed by atoms with Crippen LogP contribution in [0.5, 0.6) is 0 Å². The number of likely N-dealkylation sites (N-methyl/N-ethyl adjacent to an activating group) is 1. The number of aromatic nitrogens is 5. The van der Waals surface area contributed by atoms with E-state index in [4.69, 9.17) is 31.5 Å². The van der Waals surface area contributed by atoms with Gasteiger partial charge in [-0.3, -0.25) is 4.79 Å². The average molecular weight is 902 g/mol. The molecule has 64 heavy (non-hydrogen) atoms. The van der Waals surface area contributed by atoms with Crippen LogP contribution in [-0.4, -0.2) is 69.4 Å². The van der Waals surface area contributed by atoms with E-state index in [1.165, 1.54) is 0 Å². The van der Waals surface area contributed by atoms with E-state index in [2.05, 4.69) is 110 Å². The lowest BCUT2D eigenvalue weighted by atomic mass is 9.77. The third kappa shape index (κ3) is 7.47. The number of hydrogen-bond acceptors (Lipinski definition) is 8. The van der Waals surface area contributed by atoms with Crippen LogP contribution >= 0.6 is 22.9 Å². The molecular weight excluding hydrogens is 852 g/mol. The molecule has 0 saturated carbocycles. The van der Waals surface area contributed by atoms with Crippen LogP contribution in [0.3, 0.4) is 0 Å². The van der Waals surface area contributed by atoms with Gasteiger partial charge in [-0.05, 0) is 46.0 Å². The van der Waals surface area contributed by atoms with Crippen LogP contribution < -0.4 is 4.90 Å². The molecule has 0 bridgehead atoms. The molecule has 1 amide bonds. The Bertz CT molecular complexity index is 2850. The maximum atomic E-state index is 14.4. The minimum absolute atomic E-state index is 0.0648. The third-order valence-corrected chi connectivity index (χ3v) is 15.7. The molecule has 2 aliphatic rings. The molecular formula is C51H49ClN8O2SSi. The lowest BCUT2D eigenvalue weighted by Crippen LogP contribution is -2.48. The normalized spacial score (nSPS) is 16.7. The Kier molecular flexibility index (Phi) is 11.2. The van der Waals surface area contributed by atoms with Crippen LogP contribution in [0.1, 0.15) is 55.2 Å². The van der Waals surface area contributed by atoms with Crippen LogP contribution in [0.2, 0.25) is 30.8 Å². The molecule has 13 heteroatoms. The Morgan fingerprint density at radius 1 is 0.828 bits per heavy atom. The van der Waals surface area contributed by atoms with E-state index >= 15 is 0 Å². The highest BCUT2D eigenvalue weighted by molar-refractivity contribution is 7.12. The number of benzene rings is 5. The minimum atomic E-state index is -1.20. The molecule has 0 aliphatic carbocycles. The Hall–Kier alpha value is -6.18. The van der Waals surface area contributed by atoms with Gasteiger partial charge in [-0.25, -0.2) is 19.4 Å². The summed E-state index contributed by atoms with van der Waals surface area (Å²) < 4.78 is 9.88. The predicted octanol–water partition coefficient (Wildman–Crippen LogP) is 10.6. The fourth-order valence-corrected chi connectivity index (χ4v) is 11.6. The maximum absolute atomic E-state index is 14.4. The largest absolute Gasteiger partial charge is 0.360 e. The van der Waals surface area contributed by atoms with Gasteiger partial charge in [-0.15, -0.1) is 11.3 Å². The summed E-state index contributed by atoms with van der Waals surface area (Å²) in [6.07, 6.45) is 3.78. The van der Waals surface area contributed by atoms with Gasteiger partial charge in [0.05, 0.1) is 40.7 Å². The summed E-state index contributed by atoms with van der Waals surface area (Å²) in [6, 6.07) is 50.3. The molecule has 3 atom stereocenters. The summed E-state index contributed by atoms with van der Waals surface area (Å²) in [7, 11) is 0.767. The second-order valence-corrected chi connectivity index (χ2v) is 24.9. The second kappa shape index (κ2) is 17.1. The number of thiazole rings is 1. The molecule has 0 radical (unpaired) electrons. The fourth-order valence-electron chi connectivity index (χ4n) is 9.24. The van der Waals surface area contributed by atoms with Crippen molar-refractivity contribution in [3.05, 3.63) is 200 Å². The number of rotatable bonds is 14. The monoisotopic (exact) mass is 900 g/mol. The second-order valence-electron chi connectivity index (χ2n) is 17.8. The summed E-state index contributed by atoms with van der Waals surface area (Å²) in [5.41, 5.74) is 5.95. The molecule has 0 fully saturated rings. The summed E-state index contributed by atoms with van der Waals surface area (Å²) >= 11 is 9.07. The van der Waals surface area contributed by atoms with Crippen molar-refractivity contribution in [2.45, 2.75) is 62.4 Å². The topological polar surface area (TPSA) is 93.7 Å². The SMILES string of the molecule is CN1c2nc(C(c3ccccc3)c3cc(Cl)n(C(c4ccccc4)(c4ccccc4)c4ccccc4)n3)sc2C2C=NN(Cc3cccc4c3cnn4COCC[Si](C)(C)C)C(=O)C21. The molecule has 5 aromatic carbocycles. The number of nitrogens with zero attached hydrogens (tertiary/aromatic N) is 8. The average Bonchev–Trinajstić information content (AvgIpc) is 4.09. The summed E-state index contributed by atoms with van der Waals surface area (Å²) in [5.74, 6) is 0.126. The first-order valence-electron chi connectivity index (χ1n) is 21.7. The van der Waals surface area contributed by atoms with Gasteiger partial charge in [0.2, 0.25) is 0 Å². The molecule has 10 rings (SSSR count). The smallest absolute Gasteiger partial charge is 0.266 e. The number of ether oxygens (including phenoxy) is 1. The van der Waals surface area contributed by atoms with E-state index in [0.717, 1.165) is 72.8 Å². The first-order valence-corrected chi connectivity index (χ1v) is 26.6. The van der Waals surface area contributed by atoms with Crippen molar-refractivity contribution in [3.8, 4) is 0 Å². The van der Waals surface area contributed by atoms with Crippen molar-refractivity contribution in [1.29, 1.82) is 0 Å². The van der Waals surface area contributed by atoms with Gasteiger partial charge >= 0.3 is 0 Å². The minimum Gasteiger partial charge on any atom is -0.360 e. The molecule has 0 spiro atoms. The predicted molar refractivity (Wildman–Crippen MR) is 259 cm³/mol. The zero-order chi connectivity index (χ0) is 44.0. The van der Waals surface area contributed by atoms with Crippen molar-refractivity contribution in [2.75, 3.05) is 18.6 Å². The molecule has 2 aliphatic heterocycles. The van der Waals surface area contributed by atoms with E-state index in [0.29, 0.717) is 18.4 Å². The number of hydrazone groups is 1. The molecule has 0 saturated heterocycles. The van der Waals surface area contributed by atoms with Crippen LogP contribution in [-0.2, 0) is 28.3 Å². The molecule has 8 aromatic rings. The van der Waals surface area contributed by atoms with Gasteiger partial charge in [-0.2, -0.15) is 15.3 Å². The Balaban J connectivity index is 0.985. The van der Waals surface area contributed by atoms with E-state index < -0.39 is 19.7 Å². The van der Waals surface area contributed by atoms with E-state index in [1.54, 1.807) is 16.3 Å². The van der Waals surface area contributed by atoms with Gasteiger partial charge in [0, 0.05) is 33.3 Å².